The maximum Gasteiger partial charge on any atom is 0.312 e. The van der Waals surface area contributed by atoms with Gasteiger partial charge in [0.15, 0.2) is 0 Å². The van der Waals surface area contributed by atoms with E-state index in [2.05, 4.69) is 10.2 Å². The zero-order valence-electron chi connectivity index (χ0n) is 8.62. The van der Waals surface area contributed by atoms with E-state index in [1.807, 2.05) is 0 Å². The molecule has 0 aromatic carbocycles. The van der Waals surface area contributed by atoms with E-state index in [1.54, 1.807) is 24.3 Å². The van der Waals surface area contributed by atoms with Crippen molar-refractivity contribution in [3.05, 3.63) is 35.6 Å². The first-order valence-corrected chi connectivity index (χ1v) is 4.88. The van der Waals surface area contributed by atoms with Crippen LogP contribution < -0.4 is 0 Å². The molecule has 0 radical (unpaired) electrons. The summed E-state index contributed by atoms with van der Waals surface area (Å²) in [6.45, 7) is 1.53. The summed E-state index contributed by atoms with van der Waals surface area (Å²) in [7, 11) is 0. The highest BCUT2D eigenvalue weighted by molar-refractivity contribution is 5.87. The smallest absolute Gasteiger partial charge is 0.312 e. The first-order valence-electron chi connectivity index (χ1n) is 4.88. The minimum atomic E-state index is -0.975. The topological polar surface area (TPSA) is 79.1 Å². The molecule has 2 rings (SSSR count). The van der Waals surface area contributed by atoms with E-state index in [-0.39, 0.29) is 5.91 Å². The Morgan fingerprint density at radius 2 is 2.19 bits per heavy atom. The van der Waals surface area contributed by atoms with Gasteiger partial charge in [-0.1, -0.05) is 24.3 Å². The minimum Gasteiger partial charge on any atom is -0.481 e. The fourth-order valence-corrected chi connectivity index (χ4v) is 1.68. The van der Waals surface area contributed by atoms with Crippen LogP contribution in [0.5, 0.6) is 0 Å². The van der Waals surface area contributed by atoms with Gasteiger partial charge in [0.05, 0.1) is 17.5 Å². The number of azo groups is 1. The zero-order valence-corrected chi connectivity index (χ0v) is 8.62. The molecule has 5 nitrogen and oxygen atoms in total. The summed E-state index contributed by atoms with van der Waals surface area (Å²) < 4.78 is 0. The van der Waals surface area contributed by atoms with Gasteiger partial charge in [0.25, 0.3) is 5.91 Å². The Balaban J connectivity index is 2.47. The molecule has 0 saturated heterocycles. The summed E-state index contributed by atoms with van der Waals surface area (Å²) in [5.74, 6) is -2.56. The van der Waals surface area contributed by atoms with Gasteiger partial charge in [-0.2, -0.15) is 5.11 Å². The van der Waals surface area contributed by atoms with E-state index in [9.17, 15) is 9.59 Å². The molecule has 0 aromatic heterocycles. The third kappa shape index (κ3) is 1.60. The first kappa shape index (κ1) is 10.5. The van der Waals surface area contributed by atoms with E-state index in [0.717, 1.165) is 0 Å². The summed E-state index contributed by atoms with van der Waals surface area (Å²) in [5.41, 5.74) is 0.995. The van der Waals surface area contributed by atoms with Crippen molar-refractivity contribution in [1.29, 1.82) is 0 Å². The Bertz CT molecular complexity index is 472. The molecule has 2 aliphatic rings. The lowest BCUT2D eigenvalue weighted by molar-refractivity contribution is -0.140. The molecule has 2 atom stereocenters. The average molecular weight is 218 g/mol. The van der Waals surface area contributed by atoms with E-state index in [0.29, 0.717) is 11.3 Å². The number of carbonyl (C=O) groups is 2. The maximum absolute atomic E-state index is 11.4. The van der Waals surface area contributed by atoms with E-state index >= 15 is 0 Å². The molecular formula is C11H10N2O3. The van der Waals surface area contributed by atoms with Crippen molar-refractivity contribution in [2.24, 2.45) is 22.1 Å². The molecule has 16 heavy (non-hydrogen) atoms. The van der Waals surface area contributed by atoms with Crippen molar-refractivity contribution < 1.29 is 14.7 Å². The predicted molar refractivity (Wildman–Crippen MR) is 55.5 cm³/mol. The van der Waals surface area contributed by atoms with Gasteiger partial charge in [-0.3, -0.25) is 9.59 Å². The van der Waals surface area contributed by atoms with Crippen molar-refractivity contribution in [2.75, 3.05) is 0 Å². The van der Waals surface area contributed by atoms with Crippen LogP contribution in [0.25, 0.3) is 0 Å². The van der Waals surface area contributed by atoms with Crippen molar-refractivity contribution in [3.63, 3.8) is 0 Å². The lowest BCUT2D eigenvalue weighted by Gasteiger charge is -2.21. The van der Waals surface area contributed by atoms with Crippen LogP contribution in [-0.4, -0.2) is 17.0 Å². The molecule has 1 amide bonds. The summed E-state index contributed by atoms with van der Waals surface area (Å²) in [5, 5.41) is 16.1. The molecule has 0 bridgehead atoms. The summed E-state index contributed by atoms with van der Waals surface area (Å²) in [4.78, 5) is 22.3. The zero-order chi connectivity index (χ0) is 11.7. The van der Waals surface area contributed by atoms with Crippen molar-refractivity contribution in [3.8, 4) is 0 Å². The normalized spacial score (nSPS) is 24.6. The standard InChI is InChI=1S/C11H10N2O3/c1-6(11(15)16)9-7-4-2-3-5-8(7)10(14)13-12-9/h2-6,8H,1H3,(H,15,16). The summed E-state index contributed by atoms with van der Waals surface area (Å²) in [6, 6.07) is 0. The number of allylic oxidation sites excluding steroid dienone is 3. The Labute approximate surface area is 91.9 Å². The number of nitrogens with zero attached hydrogens (tertiary/aromatic N) is 2. The maximum atomic E-state index is 11.4. The Morgan fingerprint density at radius 3 is 2.88 bits per heavy atom. The molecule has 0 spiro atoms. The highest BCUT2D eigenvalue weighted by Crippen LogP contribution is 2.32. The second-order valence-electron chi connectivity index (χ2n) is 3.66. The molecular weight excluding hydrogens is 208 g/mol. The molecule has 5 heteroatoms. The number of carbonyl (C=O) groups excluding carboxylic acids is 1. The fourth-order valence-electron chi connectivity index (χ4n) is 1.68. The molecule has 0 fully saturated rings. The molecule has 0 saturated carbocycles. The SMILES string of the molecule is CC(C(=O)O)C1=C2C=CC=CC2C(=O)N=N1. The Hall–Kier alpha value is -2.04. The minimum absolute atomic E-state index is 0.350. The van der Waals surface area contributed by atoms with Gasteiger partial charge in [-0.15, -0.1) is 5.11 Å². The van der Waals surface area contributed by atoms with Gasteiger partial charge in [0.1, 0.15) is 0 Å². The number of amides is 1. The Morgan fingerprint density at radius 1 is 1.44 bits per heavy atom. The molecule has 0 aromatic rings. The quantitative estimate of drug-likeness (QED) is 0.765. The average Bonchev–Trinajstić information content (AvgIpc) is 2.29. The summed E-state index contributed by atoms with van der Waals surface area (Å²) in [6.07, 6.45) is 6.92. The highest BCUT2D eigenvalue weighted by Gasteiger charge is 2.31. The number of fused-ring (bicyclic) bond motifs is 1. The molecule has 2 unspecified atom stereocenters. The third-order valence-electron chi connectivity index (χ3n) is 2.62. The van der Waals surface area contributed by atoms with Gasteiger partial charge >= 0.3 is 5.97 Å². The number of hydrogen-bond acceptors (Lipinski definition) is 3. The van der Waals surface area contributed by atoms with Crippen LogP contribution in [-0.2, 0) is 9.59 Å². The molecule has 1 aliphatic carbocycles. The van der Waals surface area contributed by atoms with Crippen molar-refractivity contribution in [1.82, 2.24) is 0 Å². The van der Waals surface area contributed by atoms with Crippen molar-refractivity contribution >= 4 is 11.9 Å². The largest absolute Gasteiger partial charge is 0.481 e. The van der Waals surface area contributed by atoms with Gasteiger partial charge in [-0.25, -0.2) is 0 Å². The monoisotopic (exact) mass is 218 g/mol. The molecule has 1 heterocycles. The van der Waals surface area contributed by atoms with Crippen LogP contribution in [0, 0.1) is 11.8 Å². The third-order valence-corrected chi connectivity index (χ3v) is 2.62. The molecule has 82 valence electrons. The fraction of sp³-hybridized carbons (Fsp3) is 0.273. The van der Waals surface area contributed by atoms with Crippen LogP contribution >= 0.6 is 0 Å². The van der Waals surface area contributed by atoms with Crippen LogP contribution in [0.2, 0.25) is 0 Å². The van der Waals surface area contributed by atoms with E-state index < -0.39 is 17.8 Å². The second kappa shape index (κ2) is 3.84. The van der Waals surface area contributed by atoms with E-state index in [4.69, 9.17) is 5.11 Å². The number of rotatable bonds is 2. The highest BCUT2D eigenvalue weighted by atomic mass is 16.4. The lowest BCUT2D eigenvalue weighted by atomic mass is 9.88. The van der Waals surface area contributed by atoms with Gasteiger partial charge < -0.3 is 5.11 Å². The van der Waals surface area contributed by atoms with Gasteiger partial charge in [-0.05, 0) is 12.5 Å². The second-order valence-corrected chi connectivity index (χ2v) is 3.66. The summed E-state index contributed by atoms with van der Waals surface area (Å²) >= 11 is 0. The van der Waals surface area contributed by atoms with Crippen LogP contribution in [0.3, 0.4) is 0 Å². The molecule has 1 N–H and O–H groups in total. The van der Waals surface area contributed by atoms with Crippen molar-refractivity contribution in [2.45, 2.75) is 6.92 Å². The van der Waals surface area contributed by atoms with Crippen LogP contribution in [0.4, 0.5) is 0 Å². The number of carboxylic acid groups (broad SMARTS) is 1. The van der Waals surface area contributed by atoms with Crippen LogP contribution in [0.1, 0.15) is 6.92 Å². The number of carboxylic acids is 1. The number of aliphatic carboxylic acids is 1. The number of hydrogen-bond donors (Lipinski definition) is 1. The first-order chi connectivity index (χ1) is 7.61. The lowest BCUT2D eigenvalue weighted by Crippen LogP contribution is -2.22. The van der Waals surface area contributed by atoms with Gasteiger partial charge in [0, 0.05) is 0 Å². The van der Waals surface area contributed by atoms with Gasteiger partial charge in [0.2, 0.25) is 0 Å². The van der Waals surface area contributed by atoms with Crippen LogP contribution in [0.15, 0.2) is 45.8 Å². The predicted octanol–water partition coefficient (Wildman–Crippen LogP) is 1.70. The Kier molecular flexibility index (Phi) is 2.52. The molecule has 1 aliphatic heterocycles. The van der Waals surface area contributed by atoms with E-state index in [1.165, 1.54) is 6.92 Å².